The van der Waals surface area contributed by atoms with Crippen molar-refractivity contribution >= 4 is 10.0 Å². The van der Waals surface area contributed by atoms with Crippen LogP contribution in [0.4, 0.5) is 0 Å². The third-order valence-corrected chi connectivity index (χ3v) is 6.12. The van der Waals surface area contributed by atoms with Gasteiger partial charge in [0.25, 0.3) is 0 Å². The van der Waals surface area contributed by atoms with Gasteiger partial charge in [0.2, 0.25) is 10.0 Å². The molecule has 0 bridgehead atoms. The fourth-order valence-electron chi connectivity index (χ4n) is 2.65. The smallest absolute Gasteiger partial charge is 0.214 e. The standard InChI is InChI=1S/C15H32N2O2S/c1-5-9-16-10-6-7-12-20(18,19)17-11-8-14(13-17)15(2,3)4/h14,16H,5-13H2,1-4H3. The molecule has 0 aliphatic carbocycles. The summed E-state index contributed by atoms with van der Waals surface area (Å²) in [5, 5.41) is 3.31. The van der Waals surface area contributed by atoms with E-state index in [1.165, 1.54) is 0 Å². The van der Waals surface area contributed by atoms with E-state index in [1.807, 2.05) is 0 Å². The van der Waals surface area contributed by atoms with Crippen molar-refractivity contribution < 1.29 is 8.42 Å². The second-order valence-electron chi connectivity index (χ2n) is 6.98. The maximum atomic E-state index is 12.3. The Morgan fingerprint density at radius 3 is 2.45 bits per heavy atom. The largest absolute Gasteiger partial charge is 0.317 e. The summed E-state index contributed by atoms with van der Waals surface area (Å²) in [6, 6.07) is 0. The van der Waals surface area contributed by atoms with Crippen molar-refractivity contribution in [1.29, 1.82) is 0 Å². The second kappa shape index (κ2) is 7.76. The van der Waals surface area contributed by atoms with E-state index in [9.17, 15) is 8.42 Å². The Kier molecular flexibility index (Phi) is 6.95. The van der Waals surface area contributed by atoms with Crippen molar-refractivity contribution in [2.24, 2.45) is 11.3 Å². The average Bonchev–Trinajstić information content (AvgIpc) is 2.83. The minimum Gasteiger partial charge on any atom is -0.317 e. The molecule has 20 heavy (non-hydrogen) atoms. The van der Waals surface area contributed by atoms with Crippen LogP contribution in [0.25, 0.3) is 0 Å². The van der Waals surface area contributed by atoms with Gasteiger partial charge in [-0.1, -0.05) is 27.7 Å². The van der Waals surface area contributed by atoms with Gasteiger partial charge in [-0.25, -0.2) is 12.7 Å². The Hall–Kier alpha value is -0.130. The topological polar surface area (TPSA) is 49.4 Å². The zero-order valence-corrected chi connectivity index (χ0v) is 14.4. The molecule has 4 nitrogen and oxygen atoms in total. The normalized spacial score (nSPS) is 21.5. The predicted octanol–water partition coefficient (Wildman–Crippen LogP) is 2.46. The van der Waals surface area contributed by atoms with Gasteiger partial charge >= 0.3 is 0 Å². The highest BCUT2D eigenvalue weighted by molar-refractivity contribution is 7.89. The highest BCUT2D eigenvalue weighted by Gasteiger charge is 2.36. The van der Waals surface area contributed by atoms with Gasteiger partial charge in [0.15, 0.2) is 0 Å². The minimum atomic E-state index is -3.04. The summed E-state index contributed by atoms with van der Waals surface area (Å²) in [4.78, 5) is 0. The SMILES string of the molecule is CCCNCCCCS(=O)(=O)N1CCC(C(C)(C)C)C1. The third-order valence-electron chi connectivity index (χ3n) is 4.20. The molecule has 0 aromatic carbocycles. The molecule has 1 N–H and O–H groups in total. The Labute approximate surface area is 125 Å². The quantitative estimate of drug-likeness (QED) is 0.701. The Bertz CT molecular complexity index is 374. The van der Waals surface area contributed by atoms with Crippen molar-refractivity contribution in [3.8, 4) is 0 Å². The molecule has 0 amide bonds. The number of nitrogens with zero attached hydrogens (tertiary/aromatic N) is 1. The molecule has 0 aromatic rings. The summed E-state index contributed by atoms with van der Waals surface area (Å²) >= 11 is 0. The van der Waals surface area contributed by atoms with Crippen LogP contribution in [0.5, 0.6) is 0 Å². The molecule has 120 valence electrons. The first kappa shape index (κ1) is 17.9. The molecule has 1 aliphatic rings. The lowest BCUT2D eigenvalue weighted by atomic mass is 9.80. The molecule has 0 aromatic heterocycles. The van der Waals surface area contributed by atoms with Crippen LogP contribution in [0.3, 0.4) is 0 Å². The molecule has 1 rings (SSSR count). The van der Waals surface area contributed by atoms with Gasteiger partial charge in [-0.05, 0) is 50.1 Å². The molecule has 1 fully saturated rings. The van der Waals surface area contributed by atoms with E-state index in [-0.39, 0.29) is 5.41 Å². The lowest BCUT2D eigenvalue weighted by Crippen LogP contribution is -2.33. The lowest BCUT2D eigenvalue weighted by molar-refractivity contribution is 0.252. The van der Waals surface area contributed by atoms with Crippen molar-refractivity contribution in [3.05, 3.63) is 0 Å². The van der Waals surface area contributed by atoms with E-state index >= 15 is 0 Å². The monoisotopic (exact) mass is 304 g/mol. The number of sulfonamides is 1. The highest BCUT2D eigenvalue weighted by Crippen LogP contribution is 2.34. The van der Waals surface area contributed by atoms with Crippen LogP contribution in [0.15, 0.2) is 0 Å². The molecule has 0 spiro atoms. The molecule has 1 aliphatic heterocycles. The van der Waals surface area contributed by atoms with Crippen molar-refractivity contribution in [2.75, 3.05) is 31.9 Å². The number of rotatable bonds is 8. The van der Waals surface area contributed by atoms with Crippen LogP contribution in [-0.2, 0) is 10.0 Å². The summed E-state index contributed by atoms with van der Waals surface area (Å²) in [5.74, 6) is 0.793. The van der Waals surface area contributed by atoms with Crippen LogP contribution in [0.1, 0.15) is 53.4 Å². The van der Waals surface area contributed by atoms with Crippen LogP contribution in [-0.4, -0.2) is 44.7 Å². The van der Waals surface area contributed by atoms with Crippen molar-refractivity contribution in [2.45, 2.75) is 53.4 Å². The second-order valence-corrected chi connectivity index (χ2v) is 9.07. The Balaban J connectivity index is 2.31. The van der Waals surface area contributed by atoms with E-state index in [0.717, 1.165) is 38.8 Å². The van der Waals surface area contributed by atoms with Gasteiger partial charge in [-0.15, -0.1) is 0 Å². The van der Waals surface area contributed by atoms with E-state index in [4.69, 9.17) is 0 Å². The zero-order chi connectivity index (χ0) is 15.2. The Morgan fingerprint density at radius 1 is 1.20 bits per heavy atom. The molecule has 1 atom stereocenters. The minimum absolute atomic E-state index is 0.203. The predicted molar refractivity (Wildman–Crippen MR) is 85.3 cm³/mol. The molecular formula is C15H32N2O2S. The fourth-order valence-corrected chi connectivity index (χ4v) is 4.27. The first-order valence-electron chi connectivity index (χ1n) is 7.96. The molecule has 0 saturated carbocycles. The number of nitrogens with one attached hydrogen (secondary N) is 1. The molecule has 1 heterocycles. The van der Waals surface area contributed by atoms with Gasteiger partial charge in [-0.2, -0.15) is 0 Å². The van der Waals surface area contributed by atoms with E-state index in [0.29, 0.717) is 24.8 Å². The van der Waals surface area contributed by atoms with Crippen molar-refractivity contribution in [3.63, 3.8) is 0 Å². The summed E-state index contributed by atoms with van der Waals surface area (Å²) in [5.41, 5.74) is 0.203. The van der Waals surface area contributed by atoms with Crippen LogP contribution in [0.2, 0.25) is 0 Å². The number of unbranched alkanes of at least 4 members (excludes halogenated alkanes) is 1. The number of hydrogen-bond donors (Lipinski definition) is 1. The van der Waals surface area contributed by atoms with Gasteiger partial charge in [0.05, 0.1) is 5.75 Å². The van der Waals surface area contributed by atoms with E-state index in [1.54, 1.807) is 4.31 Å². The third kappa shape index (κ3) is 5.70. The first-order chi connectivity index (χ1) is 9.27. The summed E-state index contributed by atoms with van der Waals surface area (Å²) in [6.07, 6.45) is 3.83. The van der Waals surface area contributed by atoms with Crippen LogP contribution < -0.4 is 5.32 Å². The molecule has 0 radical (unpaired) electrons. The molecular weight excluding hydrogens is 272 g/mol. The van der Waals surface area contributed by atoms with E-state index in [2.05, 4.69) is 33.0 Å². The molecule has 1 unspecified atom stereocenters. The van der Waals surface area contributed by atoms with Crippen LogP contribution >= 0.6 is 0 Å². The number of hydrogen-bond acceptors (Lipinski definition) is 3. The highest BCUT2D eigenvalue weighted by atomic mass is 32.2. The van der Waals surface area contributed by atoms with Gasteiger partial charge in [0.1, 0.15) is 0 Å². The van der Waals surface area contributed by atoms with E-state index < -0.39 is 10.0 Å². The van der Waals surface area contributed by atoms with Gasteiger partial charge in [-0.3, -0.25) is 0 Å². The fraction of sp³-hybridized carbons (Fsp3) is 1.00. The molecule has 5 heteroatoms. The molecule has 1 saturated heterocycles. The van der Waals surface area contributed by atoms with Gasteiger partial charge < -0.3 is 5.32 Å². The Morgan fingerprint density at radius 2 is 1.90 bits per heavy atom. The van der Waals surface area contributed by atoms with Crippen molar-refractivity contribution in [1.82, 2.24) is 9.62 Å². The maximum absolute atomic E-state index is 12.3. The maximum Gasteiger partial charge on any atom is 0.214 e. The summed E-state index contributed by atoms with van der Waals surface area (Å²) in [6.45, 7) is 12.1. The lowest BCUT2D eigenvalue weighted by Gasteiger charge is -2.26. The van der Waals surface area contributed by atoms with Gasteiger partial charge in [0, 0.05) is 13.1 Å². The first-order valence-corrected chi connectivity index (χ1v) is 9.57. The summed E-state index contributed by atoms with van der Waals surface area (Å²) < 4.78 is 26.3. The average molecular weight is 305 g/mol. The summed E-state index contributed by atoms with van der Waals surface area (Å²) in [7, 11) is -3.04. The van der Waals surface area contributed by atoms with Crippen LogP contribution in [0, 0.1) is 11.3 Å². The zero-order valence-electron chi connectivity index (χ0n) is 13.6.